The maximum atomic E-state index is 12.7. The minimum atomic E-state index is -0.147. The number of carbonyl (C=O) groups is 2. The molecule has 6 nitrogen and oxygen atoms in total. The Kier molecular flexibility index (Phi) is 6.90. The fraction of sp³-hybridized carbons (Fsp3) is 0.889. The third-order valence-electron chi connectivity index (χ3n) is 5.48. The maximum absolute atomic E-state index is 12.7. The van der Waals surface area contributed by atoms with Gasteiger partial charge in [0, 0.05) is 40.2 Å². The lowest BCUT2D eigenvalue weighted by Gasteiger charge is -2.38. The van der Waals surface area contributed by atoms with Crippen LogP contribution in [0.4, 0.5) is 4.79 Å². The highest BCUT2D eigenvalue weighted by Gasteiger charge is 2.43. The number of rotatable bonds is 6. The minimum absolute atomic E-state index is 0.0259. The molecule has 2 atom stereocenters. The van der Waals surface area contributed by atoms with E-state index in [-0.39, 0.29) is 17.5 Å². The molecule has 2 heterocycles. The highest BCUT2D eigenvalue weighted by molar-refractivity contribution is 5.75. The summed E-state index contributed by atoms with van der Waals surface area (Å²) in [5, 5.41) is 3.12. The number of hydrogen-bond acceptors (Lipinski definition) is 3. The first-order valence-corrected chi connectivity index (χ1v) is 9.32. The molecule has 2 aliphatic heterocycles. The van der Waals surface area contributed by atoms with Crippen molar-refractivity contribution < 1.29 is 14.3 Å². The van der Waals surface area contributed by atoms with Gasteiger partial charge < -0.3 is 19.9 Å². The number of carbonyl (C=O) groups excluding carboxylic acids is 2. The number of urea groups is 1. The van der Waals surface area contributed by atoms with Gasteiger partial charge in [-0.25, -0.2) is 4.79 Å². The van der Waals surface area contributed by atoms with Crippen LogP contribution in [0.15, 0.2) is 0 Å². The third kappa shape index (κ3) is 4.41. The fourth-order valence-corrected chi connectivity index (χ4v) is 4.32. The molecule has 0 aromatic heterocycles. The monoisotopic (exact) mass is 339 g/mol. The maximum Gasteiger partial charge on any atom is 0.317 e. The first-order chi connectivity index (χ1) is 11.5. The molecule has 0 radical (unpaired) electrons. The van der Waals surface area contributed by atoms with Gasteiger partial charge in [-0.05, 0) is 38.0 Å². The highest BCUT2D eigenvalue weighted by Crippen LogP contribution is 2.34. The van der Waals surface area contributed by atoms with Crippen molar-refractivity contribution >= 4 is 11.9 Å². The van der Waals surface area contributed by atoms with Crippen LogP contribution in [0.2, 0.25) is 0 Å². The number of likely N-dealkylation sites (tertiary alicyclic amines) is 2. The van der Waals surface area contributed by atoms with E-state index in [0.29, 0.717) is 19.1 Å². The third-order valence-corrected chi connectivity index (χ3v) is 5.48. The minimum Gasteiger partial charge on any atom is -0.382 e. The summed E-state index contributed by atoms with van der Waals surface area (Å²) in [5.41, 5.74) is -0.147. The first-order valence-electron chi connectivity index (χ1n) is 9.32. The summed E-state index contributed by atoms with van der Waals surface area (Å²) in [4.78, 5) is 28.2. The topological polar surface area (TPSA) is 61.9 Å². The Morgan fingerprint density at radius 2 is 2.08 bits per heavy atom. The Morgan fingerprint density at radius 3 is 2.75 bits per heavy atom. The van der Waals surface area contributed by atoms with Gasteiger partial charge in [0.25, 0.3) is 0 Å². The number of nitrogens with zero attached hydrogens (tertiary/aromatic N) is 2. The zero-order valence-corrected chi connectivity index (χ0v) is 15.5. The van der Waals surface area contributed by atoms with E-state index in [2.05, 4.69) is 12.2 Å². The predicted octanol–water partition coefficient (Wildman–Crippen LogP) is 2.24. The number of amides is 3. The first kappa shape index (κ1) is 19.0. The summed E-state index contributed by atoms with van der Waals surface area (Å²) in [6.45, 7) is 7.44. The molecule has 0 aromatic carbocycles. The number of nitrogens with one attached hydrogen (secondary N) is 1. The molecule has 6 heteroatoms. The van der Waals surface area contributed by atoms with E-state index >= 15 is 0 Å². The van der Waals surface area contributed by atoms with Gasteiger partial charge in [0.2, 0.25) is 5.91 Å². The van der Waals surface area contributed by atoms with Crippen LogP contribution in [0.3, 0.4) is 0 Å². The lowest BCUT2D eigenvalue weighted by Crippen LogP contribution is -2.55. The van der Waals surface area contributed by atoms with Gasteiger partial charge in [0.15, 0.2) is 0 Å². The average molecular weight is 339 g/mol. The average Bonchev–Trinajstić information content (AvgIpc) is 2.97. The van der Waals surface area contributed by atoms with E-state index < -0.39 is 0 Å². The normalized spacial score (nSPS) is 27.4. The quantitative estimate of drug-likeness (QED) is 0.807. The molecule has 2 saturated heterocycles. The SMILES string of the molecule is CCCC1(COC)CCCN1C(=O)NCC1CCCN(C(C)=O)C1. The fourth-order valence-electron chi connectivity index (χ4n) is 4.32. The zero-order chi connectivity index (χ0) is 17.6. The molecule has 0 aromatic rings. The lowest BCUT2D eigenvalue weighted by atomic mass is 9.91. The Balaban J connectivity index is 1.90. The number of piperidine rings is 1. The predicted molar refractivity (Wildman–Crippen MR) is 93.8 cm³/mol. The molecule has 1 N–H and O–H groups in total. The van der Waals surface area contributed by atoms with Crippen LogP contribution in [-0.4, -0.2) is 67.2 Å². The smallest absolute Gasteiger partial charge is 0.317 e. The molecular weight excluding hydrogens is 306 g/mol. The molecule has 0 bridgehead atoms. The van der Waals surface area contributed by atoms with E-state index in [9.17, 15) is 9.59 Å². The molecule has 24 heavy (non-hydrogen) atoms. The van der Waals surface area contributed by atoms with E-state index in [4.69, 9.17) is 4.74 Å². The van der Waals surface area contributed by atoms with Gasteiger partial charge in [-0.2, -0.15) is 0 Å². The van der Waals surface area contributed by atoms with Crippen molar-refractivity contribution in [2.75, 3.05) is 39.9 Å². The van der Waals surface area contributed by atoms with E-state index in [0.717, 1.165) is 58.2 Å². The molecule has 0 aliphatic carbocycles. The summed E-state index contributed by atoms with van der Waals surface area (Å²) < 4.78 is 5.43. The van der Waals surface area contributed by atoms with Crippen molar-refractivity contribution in [3.8, 4) is 0 Å². The highest BCUT2D eigenvalue weighted by atomic mass is 16.5. The lowest BCUT2D eigenvalue weighted by molar-refractivity contribution is -0.130. The zero-order valence-electron chi connectivity index (χ0n) is 15.5. The van der Waals surface area contributed by atoms with Gasteiger partial charge in [-0.1, -0.05) is 13.3 Å². The molecule has 138 valence electrons. The van der Waals surface area contributed by atoms with Gasteiger partial charge in [-0.15, -0.1) is 0 Å². The van der Waals surface area contributed by atoms with Crippen LogP contribution in [-0.2, 0) is 9.53 Å². The Hall–Kier alpha value is -1.30. The Morgan fingerprint density at radius 1 is 1.29 bits per heavy atom. The van der Waals surface area contributed by atoms with Crippen LogP contribution in [0.25, 0.3) is 0 Å². The molecular formula is C18H33N3O3. The summed E-state index contributed by atoms with van der Waals surface area (Å²) in [7, 11) is 1.71. The Labute approximate surface area is 145 Å². The van der Waals surface area contributed by atoms with E-state index in [1.54, 1.807) is 14.0 Å². The molecule has 2 aliphatic rings. The number of methoxy groups -OCH3 is 1. The van der Waals surface area contributed by atoms with Gasteiger partial charge in [-0.3, -0.25) is 4.79 Å². The van der Waals surface area contributed by atoms with Crippen molar-refractivity contribution in [2.24, 2.45) is 5.92 Å². The van der Waals surface area contributed by atoms with Crippen molar-refractivity contribution in [2.45, 2.75) is 57.9 Å². The molecule has 0 spiro atoms. The second-order valence-corrected chi connectivity index (χ2v) is 7.32. The molecule has 2 rings (SSSR count). The van der Waals surface area contributed by atoms with Crippen LogP contribution in [0.1, 0.15) is 52.4 Å². The largest absolute Gasteiger partial charge is 0.382 e. The summed E-state index contributed by atoms with van der Waals surface area (Å²) in [6.07, 6.45) is 6.18. The number of hydrogen-bond donors (Lipinski definition) is 1. The van der Waals surface area contributed by atoms with Crippen LogP contribution < -0.4 is 5.32 Å². The molecule has 2 unspecified atom stereocenters. The molecule has 2 fully saturated rings. The van der Waals surface area contributed by atoms with Crippen molar-refractivity contribution in [1.29, 1.82) is 0 Å². The Bertz CT molecular complexity index is 435. The van der Waals surface area contributed by atoms with Crippen LogP contribution in [0.5, 0.6) is 0 Å². The van der Waals surface area contributed by atoms with Gasteiger partial charge in [0.05, 0.1) is 12.1 Å². The summed E-state index contributed by atoms with van der Waals surface area (Å²) >= 11 is 0. The molecule has 3 amide bonds. The second-order valence-electron chi connectivity index (χ2n) is 7.32. The second kappa shape index (κ2) is 8.70. The summed E-state index contributed by atoms with van der Waals surface area (Å²) in [5.74, 6) is 0.491. The van der Waals surface area contributed by atoms with Crippen molar-refractivity contribution in [1.82, 2.24) is 15.1 Å². The molecule has 0 saturated carbocycles. The van der Waals surface area contributed by atoms with E-state index in [1.807, 2.05) is 9.80 Å². The van der Waals surface area contributed by atoms with E-state index in [1.165, 1.54) is 0 Å². The van der Waals surface area contributed by atoms with Crippen LogP contribution in [0, 0.1) is 5.92 Å². The van der Waals surface area contributed by atoms with Gasteiger partial charge >= 0.3 is 6.03 Å². The standard InChI is InChI=1S/C18H33N3O3/c1-4-8-18(14-24-3)9-6-11-21(18)17(23)19-12-16-7-5-10-20(13-16)15(2)22/h16H,4-14H2,1-3H3,(H,19,23). The van der Waals surface area contributed by atoms with Crippen molar-refractivity contribution in [3.05, 3.63) is 0 Å². The number of ether oxygens (including phenoxy) is 1. The van der Waals surface area contributed by atoms with Gasteiger partial charge in [0.1, 0.15) is 0 Å². The summed E-state index contributed by atoms with van der Waals surface area (Å²) in [6, 6.07) is 0.0259. The van der Waals surface area contributed by atoms with Crippen molar-refractivity contribution in [3.63, 3.8) is 0 Å². The van der Waals surface area contributed by atoms with Crippen LogP contribution >= 0.6 is 0 Å².